The molecule has 5 heteroatoms. The molecule has 0 heterocycles. The average Bonchev–Trinajstić information content (AvgIpc) is 2.43. The molecule has 0 fully saturated rings. The molecule has 102 valence electrons. The highest BCUT2D eigenvalue weighted by molar-refractivity contribution is 5.62. The molecule has 0 aliphatic heterocycles. The van der Waals surface area contributed by atoms with Crippen LogP contribution in [0.5, 0.6) is 17.2 Å². The van der Waals surface area contributed by atoms with Crippen LogP contribution in [0.15, 0.2) is 12.1 Å². The SMILES string of the molecule is COc1cc(NCC(C)CN)cc(OC)c1OC. The van der Waals surface area contributed by atoms with E-state index in [9.17, 15) is 0 Å². The second kappa shape index (κ2) is 6.96. The smallest absolute Gasteiger partial charge is 0.203 e. The zero-order chi connectivity index (χ0) is 13.5. The lowest BCUT2D eigenvalue weighted by Crippen LogP contribution is -2.19. The van der Waals surface area contributed by atoms with Gasteiger partial charge in [0.1, 0.15) is 0 Å². The fraction of sp³-hybridized carbons (Fsp3) is 0.538. The lowest BCUT2D eigenvalue weighted by atomic mass is 10.2. The van der Waals surface area contributed by atoms with Gasteiger partial charge in [-0.1, -0.05) is 6.92 Å². The number of nitrogens with one attached hydrogen (secondary N) is 1. The minimum Gasteiger partial charge on any atom is -0.493 e. The van der Waals surface area contributed by atoms with Crippen molar-refractivity contribution in [3.05, 3.63) is 12.1 Å². The van der Waals surface area contributed by atoms with Crippen molar-refractivity contribution in [1.82, 2.24) is 0 Å². The van der Waals surface area contributed by atoms with Crippen molar-refractivity contribution in [1.29, 1.82) is 0 Å². The molecule has 1 rings (SSSR count). The first-order valence-electron chi connectivity index (χ1n) is 5.90. The van der Waals surface area contributed by atoms with Gasteiger partial charge >= 0.3 is 0 Å². The predicted molar refractivity (Wildman–Crippen MR) is 72.8 cm³/mol. The monoisotopic (exact) mass is 254 g/mol. The highest BCUT2D eigenvalue weighted by atomic mass is 16.5. The number of nitrogens with two attached hydrogens (primary N) is 1. The zero-order valence-corrected chi connectivity index (χ0v) is 11.4. The minimum atomic E-state index is 0.407. The van der Waals surface area contributed by atoms with Crippen LogP contribution in [-0.2, 0) is 0 Å². The van der Waals surface area contributed by atoms with Gasteiger partial charge in [-0.3, -0.25) is 0 Å². The van der Waals surface area contributed by atoms with Gasteiger partial charge in [0.2, 0.25) is 5.75 Å². The van der Waals surface area contributed by atoms with Gasteiger partial charge in [-0.05, 0) is 12.5 Å². The second-order valence-electron chi connectivity index (χ2n) is 4.14. The summed E-state index contributed by atoms with van der Waals surface area (Å²) in [6, 6.07) is 3.76. The third-order valence-corrected chi connectivity index (χ3v) is 2.72. The summed E-state index contributed by atoms with van der Waals surface area (Å²) in [7, 11) is 4.79. The van der Waals surface area contributed by atoms with Crippen LogP contribution < -0.4 is 25.3 Å². The Kier molecular flexibility index (Phi) is 5.58. The molecule has 1 unspecified atom stereocenters. The van der Waals surface area contributed by atoms with Crippen LogP contribution in [0, 0.1) is 5.92 Å². The highest BCUT2D eigenvalue weighted by Crippen LogP contribution is 2.39. The topological polar surface area (TPSA) is 65.7 Å². The lowest BCUT2D eigenvalue weighted by molar-refractivity contribution is 0.324. The number of hydrogen-bond acceptors (Lipinski definition) is 5. The summed E-state index contributed by atoms with van der Waals surface area (Å²) < 4.78 is 15.8. The van der Waals surface area contributed by atoms with Gasteiger partial charge in [-0.25, -0.2) is 0 Å². The van der Waals surface area contributed by atoms with Gasteiger partial charge in [0.15, 0.2) is 11.5 Å². The van der Waals surface area contributed by atoms with Crippen molar-refractivity contribution in [2.75, 3.05) is 39.7 Å². The Balaban J connectivity index is 2.93. The first kappa shape index (κ1) is 14.4. The molecule has 0 aliphatic carbocycles. The fourth-order valence-corrected chi connectivity index (χ4v) is 1.56. The van der Waals surface area contributed by atoms with E-state index in [2.05, 4.69) is 12.2 Å². The minimum absolute atomic E-state index is 0.407. The average molecular weight is 254 g/mol. The van der Waals surface area contributed by atoms with E-state index >= 15 is 0 Å². The van der Waals surface area contributed by atoms with Crippen LogP contribution in [0.3, 0.4) is 0 Å². The van der Waals surface area contributed by atoms with Crippen molar-refractivity contribution >= 4 is 5.69 Å². The zero-order valence-electron chi connectivity index (χ0n) is 11.4. The molecule has 1 atom stereocenters. The Morgan fingerprint density at radius 3 is 2.06 bits per heavy atom. The van der Waals surface area contributed by atoms with Crippen LogP contribution >= 0.6 is 0 Å². The molecule has 0 spiro atoms. The first-order chi connectivity index (χ1) is 8.65. The molecule has 0 aromatic heterocycles. The Morgan fingerprint density at radius 2 is 1.67 bits per heavy atom. The standard InChI is InChI=1S/C13H22N2O3/c1-9(7-14)8-15-10-5-11(16-2)13(18-4)12(6-10)17-3/h5-6,9,15H,7-8,14H2,1-4H3. The summed E-state index contributed by atoms with van der Waals surface area (Å²) in [6.07, 6.45) is 0. The number of methoxy groups -OCH3 is 3. The molecule has 18 heavy (non-hydrogen) atoms. The molecule has 5 nitrogen and oxygen atoms in total. The summed E-state index contributed by atoms with van der Waals surface area (Å²) in [5, 5.41) is 3.30. The molecule has 1 aromatic rings. The van der Waals surface area contributed by atoms with Crippen LogP contribution in [0.25, 0.3) is 0 Å². The fourth-order valence-electron chi connectivity index (χ4n) is 1.56. The number of hydrogen-bond donors (Lipinski definition) is 2. The van der Waals surface area contributed by atoms with Gasteiger partial charge in [-0.15, -0.1) is 0 Å². The van der Waals surface area contributed by atoms with Crippen molar-refractivity contribution in [3.8, 4) is 17.2 Å². The molecule has 1 aromatic carbocycles. The summed E-state index contributed by atoms with van der Waals surface area (Å²) in [5.74, 6) is 2.28. The van der Waals surface area contributed by atoms with Crippen LogP contribution in [0.4, 0.5) is 5.69 Å². The maximum Gasteiger partial charge on any atom is 0.203 e. The number of ether oxygens (including phenoxy) is 3. The Morgan fingerprint density at radius 1 is 1.11 bits per heavy atom. The van der Waals surface area contributed by atoms with Crippen molar-refractivity contribution in [2.24, 2.45) is 11.7 Å². The van der Waals surface area contributed by atoms with E-state index in [1.807, 2.05) is 12.1 Å². The first-order valence-corrected chi connectivity index (χ1v) is 5.90. The van der Waals surface area contributed by atoms with Gasteiger partial charge in [0.25, 0.3) is 0 Å². The normalized spacial score (nSPS) is 11.8. The maximum absolute atomic E-state index is 5.58. The Bertz CT molecular complexity index is 357. The van der Waals surface area contributed by atoms with Gasteiger partial charge < -0.3 is 25.3 Å². The highest BCUT2D eigenvalue weighted by Gasteiger charge is 2.13. The van der Waals surface area contributed by atoms with Crippen LogP contribution in [0.1, 0.15) is 6.92 Å². The molecular formula is C13H22N2O3. The van der Waals surface area contributed by atoms with Gasteiger partial charge in [0.05, 0.1) is 21.3 Å². The van der Waals surface area contributed by atoms with E-state index in [0.717, 1.165) is 12.2 Å². The summed E-state index contributed by atoms with van der Waals surface area (Å²) in [4.78, 5) is 0. The number of anilines is 1. The number of benzene rings is 1. The van der Waals surface area contributed by atoms with E-state index in [-0.39, 0.29) is 0 Å². The maximum atomic E-state index is 5.58. The van der Waals surface area contributed by atoms with Gasteiger partial charge in [0, 0.05) is 24.4 Å². The molecule has 0 amide bonds. The second-order valence-corrected chi connectivity index (χ2v) is 4.14. The molecule has 0 radical (unpaired) electrons. The summed E-state index contributed by atoms with van der Waals surface area (Å²) in [6.45, 7) is 3.54. The third-order valence-electron chi connectivity index (χ3n) is 2.72. The largest absolute Gasteiger partial charge is 0.493 e. The molecule has 3 N–H and O–H groups in total. The lowest BCUT2D eigenvalue weighted by Gasteiger charge is -2.16. The van der Waals surface area contributed by atoms with E-state index in [0.29, 0.717) is 29.7 Å². The van der Waals surface area contributed by atoms with E-state index < -0.39 is 0 Å². The molecule has 0 saturated carbocycles. The quantitative estimate of drug-likeness (QED) is 0.775. The number of rotatable bonds is 7. The van der Waals surface area contributed by atoms with E-state index in [1.165, 1.54) is 0 Å². The third kappa shape index (κ3) is 3.43. The van der Waals surface area contributed by atoms with Crippen LogP contribution in [0.2, 0.25) is 0 Å². The van der Waals surface area contributed by atoms with E-state index in [1.54, 1.807) is 21.3 Å². The molecule has 0 aliphatic rings. The van der Waals surface area contributed by atoms with E-state index in [4.69, 9.17) is 19.9 Å². The Labute approximate surface area is 108 Å². The summed E-state index contributed by atoms with van der Waals surface area (Å²) in [5.41, 5.74) is 6.51. The molecule has 0 bridgehead atoms. The predicted octanol–water partition coefficient (Wildman–Crippen LogP) is 1.72. The molecular weight excluding hydrogens is 232 g/mol. The van der Waals surface area contributed by atoms with Crippen molar-refractivity contribution in [3.63, 3.8) is 0 Å². The van der Waals surface area contributed by atoms with Crippen molar-refractivity contribution in [2.45, 2.75) is 6.92 Å². The van der Waals surface area contributed by atoms with Crippen molar-refractivity contribution < 1.29 is 14.2 Å². The molecule has 0 saturated heterocycles. The van der Waals surface area contributed by atoms with Crippen LogP contribution in [-0.4, -0.2) is 34.4 Å². The van der Waals surface area contributed by atoms with Gasteiger partial charge in [-0.2, -0.15) is 0 Å². The Hall–Kier alpha value is -1.62. The summed E-state index contributed by atoms with van der Waals surface area (Å²) >= 11 is 0.